The van der Waals surface area contributed by atoms with Gasteiger partial charge in [0.2, 0.25) is 0 Å². The average molecular weight is 567 g/mol. The number of hydrogen-bond donors (Lipinski definition) is 2. The quantitative estimate of drug-likeness (QED) is 0.397. The molecule has 6 nitrogen and oxygen atoms in total. The van der Waals surface area contributed by atoms with E-state index in [1.165, 1.54) is 12.1 Å². The molecular formula is C18H15Br3O6. The van der Waals surface area contributed by atoms with E-state index < -0.39 is 18.0 Å². The number of carboxylic acid groups (broad SMARTS) is 2. The Balaban J connectivity index is 1.99. The zero-order valence-corrected chi connectivity index (χ0v) is 18.6. The van der Waals surface area contributed by atoms with Crippen molar-refractivity contribution in [3.63, 3.8) is 0 Å². The summed E-state index contributed by atoms with van der Waals surface area (Å²) < 4.78 is 12.8. The second-order valence-electron chi connectivity index (χ2n) is 5.44. The largest absolute Gasteiger partial charge is 0.492 e. The second kappa shape index (κ2) is 10.1. The van der Waals surface area contributed by atoms with Crippen molar-refractivity contribution in [3.05, 3.63) is 55.4 Å². The summed E-state index contributed by atoms with van der Waals surface area (Å²) in [4.78, 5) is 22.6. The molecule has 0 radical (unpaired) electrons. The minimum atomic E-state index is -1.11. The molecule has 0 aliphatic heterocycles. The van der Waals surface area contributed by atoms with E-state index in [0.717, 1.165) is 4.47 Å². The lowest BCUT2D eigenvalue weighted by Crippen LogP contribution is -2.28. The SMILES string of the molecule is O=C(O)c1cc(Br)c(OC(CCCOc2ccccc2Br)C(=O)O)c(Br)c1. The summed E-state index contributed by atoms with van der Waals surface area (Å²) in [6.07, 6.45) is -0.420. The lowest BCUT2D eigenvalue weighted by Gasteiger charge is -2.18. The van der Waals surface area contributed by atoms with Crippen molar-refractivity contribution in [1.29, 1.82) is 0 Å². The number of benzene rings is 2. The van der Waals surface area contributed by atoms with Crippen LogP contribution >= 0.6 is 47.8 Å². The third-order valence-electron chi connectivity index (χ3n) is 3.49. The van der Waals surface area contributed by atoms with Crippen LogP contribution in [0, 0.1) is 0 Å². The zero-order valence-electron chi connectivity index (χ0n) is 13.8. The summed E-state index contributed by atoms with van der Waals surface area (Å²) in [5.74, 6) is -1.29. The predicted octanol–water partition coefficient (Wildman–Crippen LogP) is 5.36. The summed E-state index contributed by atoms with van der Waals surface area (Å²) in [7, 11) is 0. The minimum absolute atomic E-state index is 0.0508. The molecule has 27 heavy (non-hydrogen) atoms. The molecule has 0 spiro atoms. The Hall–Kier alpha value is -1.58. The molecule has 1 unspecified atom stereocenters. The van der Waals surface area contributed by atoms with E-state index in [1.807, 2.05) is 24.3 Å². The molecule has 0 heterocycles. The lowest BCUT2D eigenvalue weighted by atomic mass is 10.2. The smallest absolute Gasteiger partial charge is 0.344 e. The van der Waals surface area contributed by atoms with Crippen LogP contribution < -0.4 is 9.47 Å². The number of carbonyl (C=O) groups is 2. The zero-order chi connectivity index (χ0) is 20.0. The molecule has 2 rings (SSSR count). The number of hydrogen-bond acceptors (Lipinski definition) is 4. The van der Waals surface area contributed by atoms with Crippen LogP contribution in [0.1, 0.15) is 23.2 Å². The van der Waals surface area contributed by atoms with E-state index in [9.17, 15) is 14.7 Å². The predicted molar refractivity (Wildman–Crippen MR) is 110 cm³/mol. The monoisotopic (exact) mass is 564 g/mol. The fraction of sp³-hybridized carbons (Fsp3) is 0.222. The maximum Gasteiger partial charge on any atom is 0.344 e. The van der Waals surface area contributed by atoms with Crippen LogP contribution in [-0.2, 0) is 4.79 Å². The molecule has 0 saturated heterocycles. The molecule has 0 aromatic heterocycles. The van der Waals surface area contributed by atoms with Gasteiger partial charge in [0.15, 0.2) is 6.10 Å². The highest BCUT2D eigenvalue weighted by molar-refractivity contribution is 9.11. The number of para-hydroxylation sites is 1. The molecule has 0 aliphatic rings. The molecular weight excluding hydrogens is 552 g/mol. The summed E-state index contributed by atoms with van der Waals surface area (Å²) in [6, 6.07) is 10.1. The van der Waals surface area contributed by atoms with E-state index in [2.05, 4.69) is 47.8 Å². The fourth-order valence-electron chi connectivity index (χ4n) is 2.18. The van der Waals surface area contributed by atoms with Crippen molar-refractivity contribution in [2.45, 2.75) is 18.9 Å². The third kappa shape index (κ3) is 6.22. The topological polar surface area (TPSA) is 93.1 Å². The highest BCUT2D eigenvalue weighted by Gasteiger charge is 2.23. The maximum atomic E-state index is 11.5. The Morgan fingerprint density at radius 3 is 2.19 bits per heavy atom. The van der Waals surface area contributed by atoms with Crippen LogP contribution in [0.15, 0.2) is 49.8 Å². The standard InChI is InChI=1S/C18H15Br3O6/c19-11-4-1-2-5-14(11)26-7-3-6-15(18(24)25)27-16-12(20)8-10(17(22)23)9-13(16)21/h1-2,4-5,8-9,15H,3,6-7H2,(H,22,23)(H,24,25). The average Bonchev–Trinajstić information content (AvgIpc) is 2.60. The molecule has 0 fully saturated rings. The highest BCUT2D eigenvalue weighted by Crippen LogP contribution is 2.36. The summed E-state index contributed by atoms with van der Waals surface area (Å²) in [5, 5.41) is 18.5. The fourth-order valence-corrected chi connectivity index (χ4v) is 3.96. The summed E-state index contributed by atoms with van der Waals surface area (Å²) in [5.41, 5.74) is 0.0508. The molecule has 0 aliphatic carbocycles. The molecule has 9 heteroatoms. The third-order valence-corrected chi connectivity index (χ3v) is 5.32. The molecule has 1 atom stereocenters. The first-order chi connectivity index (χ1) is 12.8. The molecule has 144 valence electrons. The number of ether oxygens (including phenoxy) is 2. The van der Waals surface area contributed by atoms with Crippen LogP contribution in [-0.4, -0.2) is 34.9 Å². The van der Waals surface area contributed by atoms with Gasteiger partial charge in [-0.15, -0.1) is 0 Å². The number of rotatable bonds is 9. The van der Waals surface area contributed by atoms with Gasteiger partial charge in [0, 0.05) is 0 Å². The first-order valence-corrected chi connectivity index (χ1v) is 10.2. The van der Waals surface area contributed by atoms with E-state index >= 15 is 0 Å². The Bertz CT molecular complexity index is 817. The highest BCUT2D eigenvalue weighted by atomic mass is 79.9. The van der Waals surface area contributed by atoms with Gasteiger partial charge in [-0.25, -0.2) is 9.59 Å². The maximum absolute atomic E-state index is 11.5. The Kier molecular flexibility index (Phi) is 8.12. The van der Waals surface area contributed by atoms with Gasteiger partial charge < -0.3 is 19.7 Å². The number of aliphatic carboxylic acids is 1. The van der Waals surface area contributed by atoms with Gasteiger partial charge in [-0.2, -0.15) is 0 Å². The van der Waals surface area contributed by atoms with E-state index in [4.69, 9.17) is 14.6 Å². The van der Waals surface area contributed by atoms with Gasteiger partial charge in [0.25, 0.3) is 0 Å². The molecule has 2 aromatic carbocycles. The van der Waals surface area contributed by atoms with Crippen LogP contribution in [0.4, 0.5) is 0 Å². The van der Waals surface area contributed by atoms with Crippen molar-refractivity contribution in [3.8, 4) is 11.5 Å². The van der Waals surface area contributed by atoms with Gasteiger partial charge in [0.05, 0.1) is 25.6 Å². The molecule has 0 amide bonds. The van der Waals surface area contributed by atoms with Gasteiger partial charge in [-0.05, 0) is 84.9 Å². The summed E-state index contributed by atoms with van der Waals surface area (Å²) in [6.45, 7) is 0.329. The summed E-state index contributed by atoms with van der Waals surface area (Å²) >= 11 is 9.83. The van der Waals surface area contributed by atoms with Crippen LogP contribution in [0.3, 0.4) is 0 Å². The Labute approximate surface area is 180 Å². The van der Waals surface area contributed by atoms with Crippen LogP contribution in [0.5, 0.6) is 11.5 Å². The van der Waals surface area contributed by atoms with Gasteiger partial charge >= 0.3 is 11.9 Å². The van der Waals surface area contributed by atoms with Crippen LogP contribution in [0.25, 0.3) is 0 Å². The van der Waals surface area contributed by atoms with Crippen molar-refractivity contribution in [2.24, 2.45) is 0 Å². The van der Waals surface area contributed by atoms with E-state index in [1.54, 1.807) is 0 Å². The lowest BCUT2D eigenvalue weighted by molar-refractivity contribution is -0.145. The number of aromatic carboxylic acids is 1. The molecule has 2 N–H and O–H groups in total. The Morgan fingerprint density at radius 2 is 1.63 bits per heavy atom. The van der Waals surface area contributed by atoms with Gasteiger partial charge in [-0.1, -0.05) is 12.1 Å². The second-order valence-corrected chi connectivity index (χ2v) is 8.00. The van der Waals surface area contributed by atoms with Gasteiger partial charge in [0.1, 0.15) is 11.5 Å². The first kappa shape index (κ1) is 21.7. The molecule has 2 aromatic rings. The van der Waals surface area contributed by atoms with Crippen molar-refractivity contribution < 1.29 is 29.3 Å². The normalized spacial score (nSPS) is 11.7. The number of halogens is 3. The van der Waals surface area contributed by atoms with E-state index in [0.29, 0.717) is 27.7 Å². The van der Waals surface area contributed by atoms with Crippen LogP contribution in [0.2, 0.25) is 0 Å². The minimum Gasteiger partial charge on any atom is -0.492 e. The van der Waals surface area contributed by atoms with Crippen molar-refractivity contribution in [2.75, 3.05) is 6.61 Å². The molecule has 0 saturated carbocycles. The van der Waals surface area contributed by atoms with E-state index in [-0.39, 0.29) is 17.7 Å². The first-order valence-electron chi connectivity index (χ1n) is 7.78. The van der Waals surface area contributed by atoms with Gasteiger partial charge in [-0.3, -0.25) is 0 Å². The van der Waals surface area contributed by atoms with Crippen molar-refractivity contribution >= 4 is 59.7 Å². The molecule has 0 bridgehead atoms. The van der Waals surface area contributed by atoms with Crippen molar-refractivity contribution in [1.82, 2.24) is 0 Å². The number of carboxylic acids is 2. The Morgan fingerprint density at radius 1 is 1.00 bits per heavy atom.